The molecule has 1 amide bonds. The second-order valence-corrected chi connectivity index (χ2v) is 9.76. The van der Waals surface area contributed by atoms with Crippen LogP contribution in [0, 0.1) is 0 Å². The molecule has 2 aliphatic heterocycles. The van der Waals surface area contributed by atoms with Gasteiger partial charge < -0.3 is 19.5 Å². The van der Waals surface area contributed by atoms with Crippen molar-refractivity contribution in [3.63, 3.8) is 0 Å². The third kappa shape index (κ3) is 5.63. The zero-order valence-corrected chi connectivity index (χ0v) is 18.9. The molecule has 2 aliphatic rings. The van der Waals surface area contributed by atoms with E-state index >= 15 is 0 Å². The van der Waals surface area contributed by atoms with Crippen LogP contribution in [0.15, 0.2) is 47.4 Å². The van der Waals surface area contributed by atoms with Gasteiger partial charge in [-0.05, 0) is 49.2 Å². The van der Waals surface area contributed by atoms with Gasteiger partial charge in [-0.25, -0.2) is 13.2 Å². The van der Waals surface area contributed by atoms with Crippen molar-refractivity contribution < 1.29 is 32.2 Å². The molecule has 0 bridgehead atoms. The molecule has 1 fully saturated rings. The smallest absolute Gasteiger partial charge is 0.338 e. The lowest BCUT2D eigenvalue weighted by Crippen LogP contribution is -2.31. The number of rotatable bonds is 6. The fourth-order valence-electron chi connectivity index (χ4n) is 3.73. The molecule has 0 aliphatic carbocycles. The van der Waals surface area contributed by atoms with E-state index in [0.717, 1.165) is 25.7 Å². The predicted octanol–water partition coefficient (Wildman–Crippen LogP) is 2.82. The average Bonchev–Trinajstić information content (AvgIpc) is 3.13. The van der Waals surface area contributed by atoms with E-state index in [1.807, 2.05) is 0 Å². The first-order valence-electron chi connectivity index (χ1n) is 10.9. The maximum Gasteiger partial charge on any atom is 0.338 e. The van der Waals surface area contributed by atoms with Crippen LogP contribution in [0.2, 0.25) is 0 Å². The average molecular weight is 475 g/mol. The summed E-state index contributed by atoms with van der Waals surface area (Å²) in [6.45, 7) is 1.43. The Kier molecular flexibility index (Phi) is 7.14. The minimum absolute atomic E-state index is 0.136. The number of sulfonamides is 1. The van der Waals surface area contributed by atoms with Gasteiger partial charge in [-0.1, -0.05) is 12.8 Å². The summed E-state index contributed by atoms with van der Waals surface area (Å²) in [5, 5.41) is 2.63. The molecule has 0 radical (unpaired) electrons. The van der Waals surface area contributed by atoms with Gasteiger partial charge in [0.1, 0.15) is 13.2 Å². The number of carbonyl (C=O) groups is 2. The fraction of sp³-hybridized carbons (Fsp3) is 0.391. The van der Waals surface area contributed by atoms with E-state index in [1.54, 1.807) is 18.2 Å². The molecule has 2 heterocycles. The van der Waals surface area contributed by atoms with Gasteiger partial charge in [-0.15, -0.1) is 0 Å². The van der Waals surface area contributed by atoms with Crippen molar-refractivity contribution in [2.75, 3.05) is 38.2 Å². The largest absolute Gasteiger partial charge is 0.486 e. The summed E-state index contributed by atoms with van der Waals surface area (Å²) in [6, 6.07) is 10.6. The Balaban J connectivity index is 1.31. The molecule has 0 aromatic heterocycles. The summed E-state index contributed by atoms with van der Waals surface area (Å²) in [6.07, 6.45) is 3.74. The first-order chi connectivity index (χ1) is 15.9. The Hall–Kier alpha value is -3.11. The van der Waals surface area contributed by atoms with Crippen LogP contribution in [0.4, 0.5) is 5.69 Å². The van der Waals surface area contributed by atoms with Gasteiger partial charge in [0.05, 0.1) is 10.5 Å². The molecule has 10 heteroatoms. The van der Waals surface area contributed by atoms with E-state index in [-0.39, 0.29) is 10.5 Å². The van der Waals surface area contributed by atoms with Crippen molar-refractivity contribution >= 4 is 27.6 Å². The van der Waals surface area contributed by atoms with Gasteiger partial charge in [0.2, 0.25) is 10.0 Å². The predicted molar refractivity (Wildman–Crippen MR) is 120 cm³/mol. The maximum atomic E-state index is 12.8. The van der Waals surface area contributed by atoms with Crippen LogP contribution in [0.3, 0.4) is 0 Å². The highest BCUT2D eigenvalue weighted by Crippen LogP contribution is 2.32. The van der Waals surface area contributed by atoms with E-state index < -0.39 is 28.5 Å². The molecule has 4 rings (SSSR count). The second kappa shape index (κ2) is 10.2. The van der Waals surface area contributed by atoms with E-state index in [2.05, 4.69) is 5.32 Å². The number of hydrogen-bond acceptors (Lipinski definition) is 7. The van der Waals surface area contributed by atoms with E-state index in [1.165, 1.54) is 28.6 Å². The summed E-state index contributed by atoms with van der Waals surface area (Å²) in [5.74, 6) is -0.0929. The Morgan fingerprint density at radius 3 is 2.27 bits per heavy atom. The lowest BCUT2D eigenvalue weighted by molar-refractivity contribution is -0.119. The fourth-order valence-corrected chi connectivity index (χ4v) is 5.24. The van der Waals surface area contributed by atoms with Gasteiger partial charge in [-0.2, -0.15) is 4.31 Å². The molecule has 9 nitrogen and oxygen atoms in total. The van der Waals surface area contributed by atoms with Crippen molar-refractivity contribution in [1.29, 1.82) is 0 Å². The van der Waals surface area contributed by atoms with Gasteiger partial charge in [0.15, 0.2) is 18.1 Å². The molecule has 33 heavy (non-hydrogen) atoms. The van der Waals surface area contributed by atoms with Crippen LogP contribution in [-0.2, 0) is 19.6 Å². The topological polar surface area (TPSA) is 111 Å². The van der Waals surface area contributed by atoms with E-state index in [4.69, 9.17) is 14.2 Å². The highest BCUT2D eigenvalue weighted by Gasteiger charge is 2.25. The Morgan fingerprint density at radius 1 is 0.909 bits per heavy atom. The van der Waals surface area contributed by atoms with Crippen LogP contribution >= 0.6 is 0 Å². The molecule has 2 aromatic carbocycles. The number of amides is 1. The molecule has 176 valence electrons. The Morgan fingerprint density at radius 2 is 1.58 bits per heavy atom. The van der Waals surface area contributed by atoms with Crippen molar-refractivity contribution in [2.24, 2.45) is 0 Å². The monoisotopic (exact) mass is 474 g/mol. The number of nitrogens with one attached hydrogen (secondary N) is 1. The molecule has 0 spiro atoms. The first kappa shape index (κ1) is 23.1. The summed E-state index contributed by atoms with van der Waals surface area (Å²) in [4.78, 5) is 24.6. The Bertz CT molecular complexity index is 1110. The number of fused-ring (bicyclic) bond motifs is 1. The standard InChI is InChI=1S/C23H26N2O7S/c26-22(24-18-7-10-20-21(15-18)31-14-13-30-20)16-32-23(27)17-5-8-19(9-6-17)33(28,29)25-11-3-1-2-4-12-25/h5-10,15H,1-4,11-14,16H2,(H,24,26). The third-order valence-electron chi connectivity index (χ3n) is 5.45. The van der Waals surface area contributed by atoms with Crippen molar-refractivity contribution in [1.82, 2.24) is 4.31 Å². The number of ether oxygens (including phenoxy) is 3. The quantitative estimate of drug-likeness (QED) is 0.641. The highest BCUT2D eigenvalue weighted by molar-refractivity contribution is 7.89. The van der Waals surface area contributed by atoms with Crippen LogP contribution < -0.4 is 14.8 Å². The van der Waals surface area contributed by atoms with Crippen molar-refractivity contribution in [3.8, 4) is 11.5 Å². The number of esters is 1. The maximum absolute atomic E-state index is 12.8. The van der Waals surface area contributed by atoms with Gasteiger partial charge in [0.25, 0.3) is 5.91 Å². The summed E-state index contributed by atoms with van der Waals surface area (Å²) >= 11 is 0. The SMILES string of the molecule is O=C(COC(=O)c1ccc(S(=O)(=O)N2CCCCCC2)cc1)Nc1ccc2c(c1)OCCO2. The molecule has 0 atom stereocenters. The second-order valence-electron chi connectivity index (χ2n) is 7.83. The summed E-state index contributed by atoms with van der Waals surface area (Å²) in [7, 11) is -3.60. The number of hydrogen-bond donors (Lipinski definition) is 1. The van der Waals surface area contributed by atoms with Gasteiger partial charge in [0, 0.05) is 24.8 Å². The van der Waals surface area contributed by atoms with Crippen LogP contribution in [-0.4, -0.2) is 57.5 Å². The summed E-state index contributed by atoms with van der Waals surface area (Å²) < 4.78 is 43.1. The zero-order valence-electron chi connectivity index (χ0n) is 18.1. The minimum atomic E-state index is -3.60. The Labute approximate surface area is 192 Å². The van der Waals surface area contributed by atoms with Crippen molar-refractivity contribution in [2.45, 2.75) is 30.6 Å². The first-order valence-corrected chi connectivity index (χ1v) is 12.3. The molecule has 1 N–H and O–H groups in total. The molecule has 0 saturated carbocycles. The highest BCUT2D eigenvalue weighted by atomic mass is 32.2. The molecule has 0 unspecified atom stereocenters. The molecular weight excluding hydrogens is 448 g/mol. The van der Waals surface area contributed by atoms with E-state index in [0.29, 0.717) is 43.5 Å². The van der Waals surface area contributed by atoms with Crippen LogP contribution in [0.25, 0.3) is 0 Å². The lowest BCUT2D eigenvalue weighted by Gasteiger charge is -2.20. The molecule has 1 saturated heterocycles. The number of nitrogens with zero attached hydrogens (tertiary/aromatic N) is 1. The van der Waals surface area contributed by atoms with E-state index in [9.17, 15) is 18.0 Å². The number of anilines is 1. The molecule has 2 aromatic rings. The minimum Gasteiger partial charge on any atom is -0.486 e. The van der Waals surface area contributed by atoms with Crippen LogP contribution in [0.1, 0.15) is 36.0 Å². The number of carbonyl (C=O) groups excluding carboxylic acids is 2. The van der Waals surface area contributed by atoms with Crippen molar-refractivity contribution in [3.05, 3.63) is 48.0 Å². The lowest BCUT2D eigenvalue weighted by atomic mass is 10.2. The van der Waals surface area contributed by atoms with Gasteiger partial charge in [-0.3, -0.25) is 4.79 Å². The number of benzene rings is 2. The van der Waals surface area contributed by atoms with Gasteiger partial charge >= 0.3 is 5.97 Å². The summed E-state index contributed by atoms with van der Waals surface area (Å²) in [5.41, 5.74) is 0.653. The zero-order chi connectivity index (χ0) is 23.3. The molecular formula is C23H26N2O7S. The van der Waals surface area contributed by atoms with Crippen LogP contribution in [0.5, 0.6) is 11.5 Å². The normalized spacial score (nSPS) is 16.5. The third-order valence-corrected chi connectivity index (χ3v) is 7.37.